The average molecular weight is 268 g/mol. The number of hydrogen-bond donors (Lipinski definition) is 1. The lowest BCUT2D eigenvalue weighted by atomic mass is 10.1. The predicted molar refractivity (Wildman–Crippen MR) is 71.4 cm³/mol. The lowest BCUT2D eigenvalue weighted by Gasteiger charge is -2.20. The third kappa shape index (κ3) is 3.03. The Bertz CT molecular complexity index is 396. The Morgan fingerprint density at radius 3 is 2.83 bits per heavy atom. The first-order valence-electron chi connectivity index (χ1n) is 6.31. The van der Waals surface area contributed by atoms with Gasteiger partial charge in [0.15, 0.2) is 0 Å². The smallest absolute Gasteiger partial charge is 0.245 e. The Hall–Kier alpha value is -1.06. The Morgan fingerprint density at radius 1 is 1.44 bits per heavy atom. The molecule has 1 fully saturated rings. The summed E-state index contributed by atoms with van der Waals surface area (Å²) in [4.78, 5) is 14.0. The van der Waals surface area contributed by atoms with Crippen LogP contribution in [0.4, 0.5) is 0 Å². The van der Waals surface area contributed by atoms with Crippen LogP contribution in [0.15, 0.2) is 30.3 Å². The van der Waals surface area contributed by atoms with Crippen LogP contribution in [0.3, 0.4) is 0 Å². The van der Waals surface area contributed by atoms with Crippen molar-refractivity contribution in [2.75, 3.05) is 19.7 Å². The van der Waals surface area contributed by atoms with E-state index < -0.39 is 5.38 Å². The van der Waals surface area contributed by atoms with E-state index in [0.29, 0.717) is 5.92 Å². The molecule has 0 aromatic heterocycles. The van der Waals surface area contributed by atoms with Gasteiger partial charge in [-0.15, -0.1) is 11.6 Å². The second kappa shape index (κ2) is 6.21. The molecule has 1 aliphatic rings. The van der Waals surface area contributed by atoms with E-state index in [1.165, 1.54) is 0 Å². The number of alkyl halides is 1. The number of amides is 1. The highest BCUT2D eigenvalue weighted by atomic mass is 35.5. The van der Waals surface area contributed by atoms with Gasteiger partial charge in [0, 0.05) is 19.7 Å². The van der Waals surface area contributed by atoms with E-state index in [0.717, 1.165) is 31.5 Å². The fourth-order valence-corrected chi connectivity index (χ4v) is 2.66. The Labute approximate surface area is 112 Å². The van der Waals surface area contributed by atoms with E-state index in [4.69, 9.17) is 16.7 Å². The number of aliphatic hydroxyl groups excluding tert-OH is 1. The third-order valence-electron chi connectivity index (χ3n) is 3.44. The number of carbonyl (C=O) groups excluding carboxylic acids is 1. The van der Waals surface area contributed by atoms with Gasteiger partial charge in [-0.3, -0.25) is 4.79 Å². The van der Waals surface area contributed by atoms with Crippen LogP contribution in [0, 0.1) is 5.92 Å². The average Bonchev–Trinajstić information content (AvgIpc) is 2.87. The molecule has 1 heterocycles. The third-order valence-corrected chi connectivity index (χ3v) is 3.88. The van der Waals surface area contributed by atoms with Crippen LogP contribution in [0.25, 0.3) is 0 Å². The van der Waals surface area contributed by atoms with Gasteiger partial charge >= 0.3 is 0 Å². The molecule has 2 atom stereocenters. The van der Waals surface area contributed by atoms with Crippen molar-refractivity contribution in [1.82, 2.24) is 4.90 Å². The Morgan fingerprint density at radius 2 is 2.17 bits per heavy atom. The predicted octanol–water partition coefficient (Wildman–Crippen LogP) is 2.20. The van der Waals surface area contributed by atoms with Crippen molar-refractivity contribution in [3.8, 4) is 0 Å². The molecule has 0 spiro atoms. The molecule has 0 saturated carbocycles. The largest absolute Gasteiger partial charge is 0.396 e. The van der Waals surface area contributed by atoms with Crippen molar-refractivity contribution in [2.45, 2.75) is 18.2 Å². The van der Waals surface area contributed by atoms with Crippen LogP contribution in [-0.2, 0) is 4.79 Å². The fraction of sp³-hybridized carbons (Fsp3) is 0.500. The van der Waals surface area contributed by atoms with Crippen LogP contribution in [0.5, 0.6) is 0 Å². The quantitative estimate of drug-likeness (QED) is 0.850. The van der Waals surface area contributed by atoms with E-state index >= 15 is 0 Å². The summed E-state index contributed by atoms with van der Waals surface area (Å²) in [7, 11) is 0. The first-order valence-corrected chi connectivity index (χ1v) is 6.74. The number of nitrogens with zero attached hydrogens (tertiary/aromatic N) is 1. The summed E-state index contributed by atoms with van der Waals surface area (Å²) in [5, 5.41) is 8.31. The van der Waals surface area contributed by atoms with Crippen molar-refractivity contribution >= 4 is 17.5 Å². The van der Waals surface area contributed by atoms with Crippen LogP contribution in [0.2, 0.25) is 0 Å². The van der Waals surface area contributed by atoms with Gasteiger partial charge in [-0.05, 0) is 24.3 Å². The molecule has 1 saturated heterocycles. The van der Waals surface area contributed by atoms with Gasteiger partial charge in [0.1, 0.15) is 5.38 Å². The van der Waals surface area contributed by atoms with Crippen molar-refractivity contribution in [1.29, 1.82) is 0 Å². The van der Waals surface area contributed by atoms with Crippen LogP contribution in [-0.4, -0.2) is 35.6 Å². The minimum Gasteiger partial charge on any atom is -0.396 e. The summed E-state index contributed by atoms with van der Waals surface area (Å²) in [5.41, 5.74) is 0.842. The second-order valence-corrected chi connectivity index (χ2v) is 5.16. The van der Waals surface area contributed by atoms with E-state index in [-0.39, 0.29) is 12.5 Å². The number of carbonyl (C=O) groups is 1. The summed E-state index contributed by atoms with van der Waals surface area (Å²) >= 11 is 6.22. The second-order valence-electron chi connectivity index (χ2n) is 4.72. The zero-order valence-corrected chi connectivity index (χ0v) is 11.0. The SMILES string of the molecule is O=C(C(Cl)c1ccccc1)N1CCC(CCO)C1. The molecule has 2 unspecified atom stereocenters. The molecule has 18 heavy (non-hydrogen) atoms. The Balaban J connectivity index is 1.96. The van der Waals surface area contributed by atoms with Crippen LogP contribution >= 0.6 is 11.6 Å². The molecule has 1 amide bonds. The number of likely N-dealkylation sites (tertiary alicyclic amines) is 1. The molecule has 3 nitrogen and oxygen atoms in total. The first-order chi connectivity index (χ1) is 8.72. The van der Waals surface area contributed by atoms with Crippen molar-refractivity contribution in [2.24, 2.45) is 5.92 Å². The van der Waals surface area contributed by atoms with Crippen molar-refractivity contribution in [3.05, 3.63) is 35.9 Å². The maximum absolute atomic E-state index is 12.2. The Kier molecular flexibility index (Phi) is 4.61. The highest BCUT2D eigenvalue weighted by Crippen LogP contribution is 2.27. The van der Waals surface area contributed by atoms with Gasteiger partial charge in [0.2, 0.25) is 5.91 Å². The maximum atomic E-state index is 12.2. The zero-order valence-electron chi connectivity index (χ0n) is 10.3. The summed E-state index contributed by atoms with van der Waals surface area (Å²) in [6, 6.07) is 9.42. The van der Waals surface area contributed by atoms with Crippen molar-refractivity contribution < 1.29 is 9.90 Å². The normalized spacial score (nSPS) is 21.0. The molecule has 4 heteroatoms. The maximum Gasteiger partial charge on any atom is 0.245 e. The lowest BCUT2D eigenvalue weighted by Crippen LogP contribution is -2.31. The molecule has 0 radical (unpaired) electrons. The molecule has 1 aromatic rings. The molecular weight excluding hydrogens is 250 g/mol. The molecular formula is C14H18ClNO2. The standard InChI is InChI=1S/C14H18ClNO2/c15-13(12-4-2-1-3-5-12)14(18)16-8-6-11(10-16)7-9-17/h1-5,11,13,17H,6-10H2. The summed E-state index contributed by atoms with van der Waals surface area (Å²) in [5.74, 6) is 0.391. The number of benzene rings is 1. The van der Waals surface area contributed by atoms with Crippen molar-refractivity contribution in [3.63, 3.8) is 0 Å². The number of hydrogen-bond acceptors (Lipinski definition) is 2. The molecule has 0 aliphatic carbocycles. The number of rotatable bonds is 4. The molecule has 1 aliphatic heterocycles. The van der Waals surface area contributed by atoms with E-state index in [1.807, 2.05) is 35.2 Å². The summed E-state index contributed by atoms with van der Waals surface area (Å²) in [6.45, 7) is 1.66. The molecule has 0 bridgehead atoms. The van der Waals surface area contributed by atoms with Gasteiger partial charge < -0.3 is 10.0 Å². The summed E-state index contributed by atoms with van der Waals surface area (Å²) < 4.78 is 0. The topological polar surface area (TPSA) is 40.5 Å². The van der Waals surface area contributed by atoms with Gasteiger partial charge in [-0.1, -0.05) is 30.3 Å². The van der Waals surface area contributed by atoms with Gasteiger partial charge in [-0.2, -0.15) is 0 Å². The van der Waals surface area contributed by atoms with Gasteiger partial charge in [-0.25, -0.2) is 0 Å². The highest BCUT2D eigenvalue weighted by Gasteiger charge is 2.30. The summed E-state index contributed by atoms with van der Waals surface area (Å²) in [6.07, 6.45) is 1.73. The minimum atomic E-state index is -0.598. The van der Waals surface area contributed by atoms with E-state index in [2.05, 4.69) is 0 Å². The number of halogens is 1. The van der Waals surface area contributed by atoms with Crippen LogP contribution in [0.1, 0.15) is 23.8 Å². The molecule has 1 aromatic carbocycles. The van der Waals surface area contributed by atoms with E-state index in [9.17, 15) is 4.79 Å². The first kappa shape index (κ1) is 13.4. The molecule has 1 N–H and O–H groups in total. The highest BCUT2D eigenvalue weighted by molar-refractivity contribution is 6.30. The number of aliphatic hydroxyl groups is 1. The van der Waals surface area contributed by atoms with Crippen LogP contribution < -0.4 is 0 Å². The fourth-order valence-electron chi connectivity index (χ4n) is 2.38. The van der Waals surface area contributed by atoms with E-state index in [1.54, 1.807) is 0 Å². The minimum absolute atomic E-state index is 0.0247. The molecule has 98 valence electrons. The zero-order chi connectivity index (χ0) is 13.0. The van der Waals surface area contributed by atoms with Gasteiger partial charge in [0.05, 0.1) is 0 Å². The lowest BCUT2D eigenvalue weighted by molar-refractivity contribution is -0.130. The monoisotopic (exact) mass is 267 g/mol. The van der Waals surface area contributed by atoms with Gasteiger partial charge in [0.25, 0.3) is 0 Å². The molecule has 2 rings (SSSR count).